The van der Waals surface area contributed by atoms with Gasteiger partial charge in [0.25, 0.3) is 0 Å². The van der Waals surface area contributed by atoms with E-state index in [-0.39, 0.29) is 12.5 Å². The van der Waals surface area contributed by atoms with Crippen LogP contribution in [0.2, 0.25) is 5.02 Å². The molecule has 0 bridgehead atoms. The molecule has 9 heteroatoms. The second-order valence-corrected chi connectivity index (χ2v) is 8.26. The lowest BCUT2D eigenvalue weighted by Crippen LogP contribution is -2.27. The lowest BCUT2D eigenvalue weighted by molar-refractivity contribution is -0.125. The van der Waals surface area contributed by atoms with Crippen LogP contribution in [0, 0.1) is 6.92 Å². The van der Waals surface area contributed by atoms with Crippen LogP contribution in [-0.4, -0.2) is 40.6 Å². The lowest BCUT2D eigenvalue weighted by atomic mass is 10.1. The number of anilines is 2. The third-order valence-electron chi connectivity index (χ3n) is 5.13. The first kappa shape index (κ1) is 25.1. The zero-order valence-corrected chi connectivity index (χ0v) is 20.7. The number of pyridine rings is 1. The average molecular weight is 504 g/mol. The number of nitrogens with zero attached hydrogens (tertiary/aromatic N) is 3. The number of benzene rings is 2. The van der Waals surface area contributed by atoms with E-state index in [1.165, 1.54) is 6.33 Å². The van der Waals surface area contributed by atoms with E-state index in [9.17, 15) is 4.79 Å². The van der Waals surface area contributed by atoms with Crippen molar-refractivity contribution in [1.82, 2.24) is 20.3 Å². The lowest BCUT2D eigenvalue weighted by Gasteiger charge is -2.12. The Hall–Kier alpha value is -4.01. The van der Waals surface area contributed by atoms with Gasteiger partial charge in [0.05, 0.1) is 16.7 Å². The van der Waals surface area contributed by atoms with Crippen molar-refractivity contribution in [2.45, 2.75) is 13.8 Å². The first-order valence-corrected chi connectivity index (χ1v) is 11.8. The SMILES string of the molecule is CCOCC(=O)NCC=Cc1ccc2ncnc(Nc3ccc(Oc4ccc(C)nc4)c(Cl)c3)c2c1. The van der Waals surface area contributed by atoms with E-state index >= 15 is 0 Å². The van der Waals surface area contributed by atoms with Crippen molar-refractivity contribution >= 4 is 46.0 Å². The Labute approximate surface area is 214 Å². The van der Waals surface area contributed by atoms with Crippen molar-refractivity contribution in [3.05, 3.63) is 83.4 Å². The van der Waals surface area contributed by atoms with Crippen LogP contribution in [0.25, 0.3) is 17.0 Å². The molecule has 0 saturated carbocycles. The molecule has 1 amide bonds. The van der Waals surface area contributed by atoms with Gasteiger partial charge in [-0.3, -0.25) is 9.78 Å². The van der Waals surface area contributed by atoms with Crippen LogP contribution >= 0.6 is 11.6 Å². The van der Waals surface area contributed by atoms with Crippen molar-refractivity contribution in [2.75, 3.05) is 25.1 Å². The maximum absolute atomic E-state index is 11.6. The number of ether oxygens (including phenoxy) is 2. The van der Waals surface area contributed by atoms with E-state index in [2.05, 4.69) is 25.6 Å². The number of rotatable bonds is 10. The quantitative estimate of drug-likeness (QED) is 0.287. The zero-order chi connectivity index (χ0) is 25.3. The Kier molecular flexibility index (Phi) is 8.44. The van der Waals surface area contributed by atoms with Crippen LogP contribution in [0.4, 0.5) is 11.5 Å². The molecule has 2 aromatic heterocycles. The summed E-state index contributed by atoms with van der Waals surface area (Å²) < 4.78 is 10.9. The number of amides is 1. The zero-order valence-electron chi connectivity index (χ0n) is 20.0. The maximum Gasteiger partial charge on any atom is 0.246 e. The Morgan fingerprint density at radius 1 is 1.08 bits per heavy atom. The molecule has 4 aromatic rings. The van der Waals surface area contributed by atoms with Crippen molar-refractivity contribution in [2.24, 2.45) is 0 Å². The van der Waals surface area contributed by atoms with Gasteiger partial charge >= 0.3 is 0 Å². The highest BCUT2D eigenvalue weighted by atomic mass is 35.5. The van der Waals surface area contributed by atoms with Gasteiger partial charge in [0, 0.05) is 29.9 Å². The van der Waals surface area contributed by atoms with Crippen LogP contribution in [0.3, 0.4) is 0 Å². The summed E-state index contributed by atoms with van der Waals surface area (Å²) in [7, 11) is 0. The number of halogens is 1. The molecule has 0 radical (unpaired) electrons. The highest BCUT2D eigenvalue weighted by Crippen LogP contribution is 2.33. The summed E-state index contributed by atoms with van der Waals surface area (Å²) in [5.74, 6) is 1.64. The van der Waals surface area contributed by atoms with E-state index in [1.807, 2.05) is 62.4 Å². The topological polar surface area (TPSA) is 98.3 Å². The van der Waals surface area contributed by atoms with Gasteiger partial charge in [0.15, 0.2) is 0 Å². The second kappa shape index (κ2) is 12.1. The van der Waals surface area contributed by atoms with Crippen LogP contribution in [0.1, 0.15) is 18.2 Å². The standard InChI is InChI=1S/C27H26ClN5O3/c1-3-35-16-26(34)29-12-4-5-19-7-10-24-22(13-19)27(32-17-31-24)33-20-8-11-25(23(28)14-20)36-21-9-6-18(2)30-15-21/h4-11,13-15,17H,3,12,16H2,1-2H3,(H,29,34)(H,31,32,33). The molecule has 0 spiro atoms. The fraction of sp³-hybridized carbons (Fsp3) is 0.185. The molecule has 0 fully saturated rings. The molecule has 0 aliphatic heterocycles. The van der Waals surface area contributed by atoms with E-state index in [1.54, 1.807) is 18.3 Å². The van der Waals surface area contributed by atoms with E-state index in [0.717, 1.165) is 27.8 Å². The third-order valence-corrected chi connectivity index (χ3v) is 5.43. The van der Waals surface area contributed by atoms with Gasteiger partial charge in [0.2, 0.25) is 5.91 Å². The van der Waals surface area contributed by atoms with Crippen molar-refractivity contribution in [3.63, 3.8) is 0 Å². The van der Waals surface area contributed by atoms with E-state index < -0.39 is 0 Å². The molecule has 184 valence electrons. The van der Waals surface area contributed by atoms with Crippen molar-refractivity contribution in [1.29, 1.82) is 0 Å². The van der Waals surface area contributed by atoms with E-state index in [4.69, 9.17) is 21.1 Å². The Bertz CT molecular complexity index is 1380. The van der Waals surface area contributed by atoms with E-state index in [0.29, 0.717) is 35.5 Å². The third kappa shape index (κ3) is 6.78. The first-order valence-electron chi connectivity index (χ1n) is 11.4. The number of hydrogen-bond acceptors (Lipinski definition) is 7. The highest BCUT2D eigenvalue weighted by Gasteiger charge is 2.09. The number of aromatic nitrogens is 3. The highest BCUT2D eigenvalue weighted by molar-refractivity contribution is 6.32. The van der Waals surface area contributed by atoms with Gasteiger partial charge in [0.1, 0.15) is 30.3 Å². The molecule has 2 aromatic carbocycles. The Balaban J connectivity index is 1.46. The minimum absolute atomic E-state index is 0.0625. The van der Waals surface area contributed by atoms with Gasteiger partial charge in [-0.15, -0.1) is 0 Å². The summed E-state index contributed by atoms with van der Waals surface area (Å²) in [6, 6.07) is 15.0. The molecule has 0 aliphatic carbocycles. The molecule has 0 saturated heterocycles. The predicted octanol–water partition coefficient (Wildman–Crippen LogP) is 5.69. The van der Waals surface area contributed by atoms with Crippen molar-refractivity contribution < 1.29 is 14.3 Å². The average Bonchev–Trinajstić information content (AvgIpc) is 2.88. The van der Waals surface area contributed by atoms with Crippen LogP contribution < -0.4 is 15.4 Å². The van der Waals surface area contributed by atoms with Gasteiger partial charge < -0.3 is 20.1 Å². The summed E-state index contributed by atoms with van der Waals surface area (Å²) in [6.45, 7) is 4.74. The minimum atomic E-state index is -0.148. The summed E-state index contributed by atoms with van der Waals surface area (Å²) in [5, 5.41) is 7.40. The summed E-state index contributed by atoms with van der Waals surface area (Å²) in [5.41, 5.74) is 3.42. The van der Waals surface area contributed by atoms with Gasteiger partial charge in [-0.25, -0.2) is 9.97 Å². The summed E-state index contributed by atoms with van der Waals surface area (Å²) in [4.78, 5) is 24.7. The fourth-order valence-electron chi connectivity index (χ4n) is 3.33. The summed E-state index contributed by atoms with van der Waals surface area (Å²) >= 11 is 6.48. The Morgan fingerprint density at radius 2 is 1.97 bits per heavy atom. The number of carbonyl (C=O) groups is 1. The minimum Gasteiger partial charge on any atom is -0.454 e. The number of nitrogens with one attached hydrogen (secondary N) is 2. The van der Waals surface area contributed by atoms with Crippen molar-refractivity contribution in [3.8, 4) is 11.5 Å². The largest absolute Gasteiger partial charge is 0.454 e. The van der Waals surface area contributed by atoms with Gasteiger partial charge in [-0.05, 0) is 61.9 Å². The normalized spacial score (nSPS) is 11.1. The fourth-order valence-corrected chi connectivity index (χ4v) is 3.55. The summed E-state index contributed by atoms with van der Waals surface area (Å²) in [6.07, 6.45) is 6.98. The van der Waals surface area contributed by atoms with Crippen LogP contribution in [0.5, 0.6) is 11.5 Å². The van der Waals surface area contributed by atoms with Gasteiger partial charge in [-0.2, -0.15) is 0 Å². The molecule has 2 N–H and O–H groups in total. The monoisotopic (exact) mass is 503 g/mol. The molecule has 2 heterocycles. The molecule has 36 heavy (non-hydrogen) atoms. The molecular formula is C27H26ClN5O3. The maximum atomic E-state index is 11.6. The molecule has 4 rings (SSSR count). The first-order chi connectivity index (χ1) is 17.5. The Morgan fingerprint density at radius 3 is 2.75 bits per heavy atom. The molecule has 0 aliphatic rings. The number of fused-ring (bicyclic) bond motifs is 1. The number of aryl methyl sites for hydroxylation is 1. The van der Waals surface area contributed by atoms with Crippen LogP contribution in [-0.2, 0) is 9.53 Å². The van der Waals surface area contributed by atoms with Crippen LogP contribution in [0.15, 0.2) is 67.1 Å². The molecule has 0 atom stereocenters. The number of hydrogen-bond donors (Lipinski definition) is 2. The molecule has 8 nitrogen and oxygen atoms in total. The smallest absolute Gasteiger partial charge is 0.246 e. The molecule has 0 unspecified atom stereocenters. The predicted molar refractivity (Wildman–Crippen MR) is 142 cm³/mol. The van der Waals surface area contributed by atoms with Gasteiger partial charge in [-0.1, -0.05) is 29.8 Å². The molecular weight excluding hydrogens is 478 g/mol. The number of carbonyl (C=O) groups excluding carboxylic acids is 1. The second-order valence-electron chi connectivity index (χ2n) is 7.85.